The van der Waals surface area contributed by atoms with Crippen LogP contribution in [0.4, 0.5) is 4.79 Å². The molecule has 0 saturated heterocycles. The van der Waals surface area contributed by atoms with E-state index >= 15 is 0 Å². The Morgan fingerprint density at radius 2 is 2.06 bits per heavy atom. The van der Waals surface area contributed by atoms with Gasteiger partial charge in [0.05, 0.1) is 11.0 Å². The molecule has 3 saturated carbocycles. The minimum absolute atomic E-state index is 0.0379. The fourth-order valence-electron chi connectivity index (χ4n) is 7.61. The maximum Gasteiger partial charge on any atom is 0.415 e. The van der Waals surface area contributed by atoms with Gasteiger partial charge < -0.3 is 19.5 Å². The van der Waals surface area contributed by atoms with Crippen LogP contribution in [0, 0.1) is 17.8 Å². The van der Waals surface area contributed by atoms with Crippen molar-refractivity contribution in [3.63, 3.8) is 0 Å². The van der Waals surface area contributed by atoms with Crippen LogP contribution in [0.1, 0.15) is 68.9 Å². The molecule has 1 spiro atoms. The molecule has 35 heavy (non-hydrogen) atoms. The van der Waals surface area contributed by atoms with Crippen LogP contribution in [0.2, 0.25) is 0 Å². The van der Waals surface area contributed by atoms with E-state index in [2.05, 4.69) is 0 Å². The smallest absolute Gasteiger partial charge is 0.415 e. The van der Waals surface area contributed by atoms with Gasteiger partial charge in [-0.25, -0.2) is 4.79 Å². The quantitative estimate of drug-likeness (QED) is 0.374. The zero-order valence-electron chi connectivity index (χ0n) is 20.1. The van der Waals surface area contributed by atoms with Gasteiger partial charge in [0.1, 0.15) is 0 Å². The number of benzene rings is 1. The molecule has 8 heteroatoms. The molecule has 5 atom stereocenters. The first-order valence-electron chi connectivity index (χ1n) is 12.9. The number of aliphatic hydroxyl groups is 1. The summed E-state index contributed by atoms with van der Waals surface area (Å²) < 4.78 is 12.2. The van der Waals surface area contributed by atoms with Gasteiger partial charge in [0.2, 0.25) is 0 Å². The Labute approximate surface area is 219 Å². The van der Waals surface area contributed by atoms with Crippen molar-refractivity contribution in [1.82, 2.24) is 4.90 Å². The van der Waals surface area contributed by atoms with Gasteiger partial charge in [0, 0.05) is 32.0 Å². The van der Waals surface area contributed by atoms with E-state index in [1.165, 1.54) is 24.2 Å². The van der Waals surface area contributed by atoms with Crippen molar-refractivity contribution in [2.75, 3.05) is 13.6 Å². The molecular formula is C27H32INO6. The molecule has 1 heterocycles. The van der Waals surface area contributed by atoms with Gasteiger partial charge >= 0.3 is 6.09 Å². The lowest BCUT2D eigenvalue weighted by Crippen LogP contribution is -2.71. The van der Waals surface area contributed by atoms with Crippen molar-refractivity contribution in [3.8, 4) is 11.5 Å². The molecular weight excluding hydrogens is 561 g/mol. The third-order valence-electron chi connectivity index (χ3n) is 9.40. The number of carbonyl (C=O) groups excluding carboxylic acids is 3. The Morgan fingerprint density at radius 3 is 2.80 bits per heavy atom. The summed E-state index contributed by atoms with van der Waals surface area (Å²) in [6.45, 7) is 0.406. The summed E-state index contributed by atoms with van der Waals surface area (Å²) >= 11 is 1.76. The van der Waals surface area contributed by atoms with Crippen LogP contribution in [-0.4, -0.2) is 51.0 Å². The second-order valence-electron chi connectivity index (χ2n) is 11.3. The van der Waals surface area contributed by atoms with E-state index in [-0.39, 0.29) is 15.5 Å². The Hall–Kier alpha value is -1.68. The molecule has 1 aromatic carbocycles. The molecule has 1 amide bonds. The van der Waals surface area contributed by atoms with Crippen LogP contribution in [0.15, 0.2) is 12.1 Å². The van der Waals surface area contributed by atoms with Crippen molar-refractivity contribution in [1.29, 1.82) is 0 Å². The number of carbonyl (C=O) groups is 3. The zero-order chi connectivity index (χ0) is 24.5. The lowest BCUT2D eigenvalue weighted by molar-refractivity contribution is -0.189. The highest BCUT2D eigenvalue weighted by Crippen LogP contribution is 2.68. The maximum absolute atomic E-state index is 13.2. The number of ether oxygens (including phenoxy) is 2. The van der Waals surface area contributed by atoms with Gasteiger partial charge in [0.15, 0.2) is 27.2 Å². The third-order valence-corrected chi connectivity index (χ3v) is 9.93. The Kier molecular flexibility index (Phi) is 5.71. The molecule has 0 aromatic heterocycles. The third kappa shape index (κ3) is 3.56. The van der Waals surface area contributed by atoms with Crippen molar-refractivity contribution in [2.24, 2.45) is 17.8 Å². The lowest BCUT2D eigenvalue weighted by atomic mass is 9.43. The van der Waals surface area contributed by atoms with Crippen LogP contribution in [0.3, 0.4) is 0 Å². The number of Topliss-reactive ketones (excluding diaryl/α,β-unsaturated/α-hetero) is 1. The number of rotatable bonds is 7. The van der Waals surface area contributed by atoms with Gasteiger partial charge in [-0.1, -0.05) is 18.9 Å². The Morgan fingerprint density at radius 1 is 1.26 bits per heavy atom. The van der Waals surface area contributed by atoms with E-state index in [0.29, 0.717) is 49.6 Å². The molecule has 188 valence electrons. The number of nitrogens with zero attached hydrogens (tertiary/aromatic N) is 1. The van der Waals surface area contributed by atoms with E-state index in [9.17, 15) is 19.5 Å². The van der Waals surface area contributed by atoms with Crippen molar-refractivity contribution in [3.05, 3.63) is 23.3 Å². The summed E-state index contributed by atoms with van der Waals surface area (Å²) in [6.07, 6.45) is 6.82. The second-order valence-corrected chi connectivity index (χ2v) is 12.5. The SMILES string of the molecule is CN(CCCC(=O)I)C(=O)Oc1ccc2c3c1O[C@H]1C(=O)CC[C@@]4(O)[C@@H](C2)C(CC2CC2)CC[C@]314. The van der Waals surface area contributed by atoms with Crippen LogP contribution in [-0.2, 0) is 21.4 Å². The second kappa shape index (κ2) is 8.43. The predicted octanol–water partition coefficient (Wildman–Crippen LogP) is 4.33. The summed E-state index contributed by atoms with van der Waals surface area (Å²) in [7, 11) is 1.64. The highest BCUT2D eigenvalue weighted by Gasteiger charge is 2.73. The topological polar surface area (TPSA) is 93.1 Å². The van der Waals surface area contributed by atoms with Gasteiger partial charge in [-0.05, 0) is 90.5 Å². The normalized spacial score (nSPS) is 34.1. The molecule has 0 radical (unpaired) electrons. The number of hydrogen-bond donors (Lipinski definition) is 1. The number of amides is 1. The molecule has 3 fully saturated rings. The number of halogens is 1. The Bertz CT molecular complexity index is 1100. The molecule has 1 N–H and O–H groups in total. The monoisotopic (exact) mass is 593 g/mol. The standard InChI is InChI=1S/C27H32INO6/c1-29(12-2-3-21(28)31)25(32)34-20-7-6-17-14-18-16(13-15-4-5-15)8-10-26-22(17)23(20)35-24(26)19(30)9-11-27(18,26)33/h6-7,15-16,18,24,33H,2-5,8-14H2,1H3/t16?,18-,24-,26-,27+/m0/s1. The summed E-state index contributed by atoms with van der Waals surface area (Å²) in [5, 5.41) is 12.4. The number of ketones is 1. The fourth-order valence-corrected chi connectivity index (χ4v) is 7.99. The fraction of sp³-hybridized carbons (Fsp3) is 0.667. The predicted molar refractivity (Wildman–Crippen MR) is 136 cm³/mol. The first-order chi connectivity index (χ1) is 16.7. The van der Waals surface area contributed by atoms with E-state index in [4.69, 9.17) is 9.47 Å². The molecule has 1 unspecified atom stereocenters. The minimum Gasteiger partial charge on any atom is -0.477 e. The highest BCUT2D eigenvalue weighted by atomic mass is 127. The highest BCUT2D eigenvalue weighted by molar-refractivity contribution is 14.1. The average molecular weight is 593 g/mol. The van der Waals surface area contributed by atoms with E-state index < -0.39 is 23.2 Å². The summed E-state index contributed by atoms with van der Waals surface area (Å²) in [4.78, 5) is 38.6. The van der Waals surface area contributed by atoms with Crippen molar-refractivity contribution >= 4 is 38.3 Å². The van der Waals surface area contributed by atoms with Gasteiger partial charge in [0.25, 0.3) is 0 Å². The Balaban J connectivity index is 1.34. The number of hydrogen-bond acceptors (Lipinski definition) is 6. The van der Waals surface area contributed by atoms with Gasteiger partial charge in [-0.3, -0.25) is 9.59 Å². The van der Waals surface area contributed by atoms with Crippen LogP contribution < -0.4 is 9.47 Å². The zero-order valence-corrected chi connectivity index (χ0v) is 22.2. The van der Waals surface area contributed by atoms with Gasteiger partial charge in [-0.2, -0.15) is 0 Å². The first kappa shape index (κ1) is 23.7. The van der Waals surface area contributed by atoms with Crippen LogP contribution in [0.5, 0.6) is 11.5 Å². The van der Waals surface area contributed by atoms with Crippen molar-refractivity contribution < 1.29 is 29.0 Å². The van der Waals surface area contributed by atoms with Crippen LogP contribution >= 0.6 is 22.6 Å². The molecule has 1 aromatic rings. The summed E-state index contributed by atoms with van der Waals surface area (Å²) in [6, 6.07) is 3.79. The van der Waals surface area contributed by atoms with E-state index in [1.54, 1.807) is 35.7 Å². The minimum atomic E-state index is -0.965. The van der Waals surface area contributed by atoms with Gasteiger partial charge in [-0.15, -0.1) is 0 Å². The molecule has 4 aliphatic carbocycles. The molecule has 2 bridgehead atoms. The van der Waals surface area contributed by atoms with Crippen molar-refractivity contribution in [2.45, 2.75) is 81.3 Å². The average Bonchev–Trinajstić information content (AvgIpc) is 3.55. The molecule has 7 nitrogen and oxygen atoms in total. The lowest BCUT2D eigenvalue weighted by Gasteiger charge is -2.61. The molecule has 6 rings (SSSR count). The maximum atomic E-state index is 13.2. The summed E-state index contributed by atoms with van der Waals surface area (Å²) in [5.74, 6) is 2.21. The summed E-state index contributed by atoms with van der Waals surface area (Å²) in [5.41, 5.74) is 0.321. The van der Waals surface area contributed by atoms with E-state index in [1.807, 2.05) is 6.07 Å². The largest absolute Gasteiger partial charge is 0.477 e. The van der Waals surface area contributed by atoms with Crippen LogP contribution in [0.25, 0.3) is 0 Å². The molecule has 1 aliphatic heterocycles. The first-order valence-corrected chi connectivity index (χ1v) is 14.0. The van der Waals surface area contributed by atoms with E-state index in [0.717, 1.165) is 36.3 Å². The molecule has 5 aliphatic rings.